The zero-order valence-electron chi connectivity index (χ0n) is 13.1. The molecule has 2 atom stereocenters. The zero-order chi connectivity index (χ0) is 20.1. The van der Waals surface area contributed by atoms with Crippen molar-refractivity contribution in [3.05, 3.63) is 23.8 Å². The summed E-state index contributed by atoms with van der Waals surface area (Å²) in [5.41, 5.74) is -7.65. The fourth-order valence-corrected chi connectivity index (χ4v) is 3.06. The monoisotopic (exact) mass is 409 g/mol. The molecule has 0 saturated heterocycles. The third kappa shape index (κ3) is 4.15. The van der Waals surface area contributed by atoms with E-state index in [0.29, 0.717) is 6.07 Å². The first-order valence-electron chi connectivity index (χ1n) is 6.89. The molecule has 148 valence electrons. The summed E-state index contributed by atoms with van der Waals surface area (Å²) in [6.07, 6.45) is -6.92. The lowest BCUT2D eigenvalue weighted by molar-refractivity contribution is -0.274. The molecule has 0 amide bonds. The molecule has 2 N–H and O–H groups in total. The van der Waals surface area contributed by atoms with Crippen molar-refractivity contribution in [1.29, 1.82) is 0 Å². The minimum absolute atomic E-state index is 0.204. The van der Waals surface area contributed by atoms with E-state index in [1.807, 2.05) is 0 Å². The van der Waals surface area contributed by atoms with E-state index in [4.69, 9.17) is 4.74 Å². The van der Waals surface area contributed by atoms with Crippen LogP contribution in [0.4, 0.5) is 26.3 Å². The number of ether oxygens (including phenoxy) is 2. The number of fused-ring (bicyclic) bond motifs is 1. The molecule has 0 fully saturated rings. The Morgan fingerprint density at radius 2 is 1.77 bits per heavy atom. The van der Waals surface area contributed by atoms with Crippen molar-refractivity contribution < 1.29 is 49.3 Å². The molecule has 0 spiro atoms. The summed E-state index contributed by atoms with van der Waals surface area (Å²) in [7, 11) is -5.90. The van der Waals surface area contributed by atoms with Crippen LogP contribution in [0.2, 0.25) is 0 Å². The standard InChI is InChI=1S/C13H13F6NO5S/c1-11(2)10(21)9(20-26(22,23)13(17,18)19)7-5-6(24-12(14,15)16)3-4-8(7)25-11/h3-5,9-10,20-21H,1-2H3/t9-,10+/m1/s1. The summed E-state index contributed by atoms with van der Waals surface area (Å²) in [4.78, 5) is 0. The Kier molecular flexibility index (Phi) is 4.88. The maximum atomic E-state index is 12.6. The zero-order valence-corrected chi connectivity index (χ0v) is 14.0. The number of aliphatic hydroxyl groups is 1. The largest absolute Gasteiger partial charge is 0.573 e. The molecule has 0 saturated carbocycles. The normalized spacial score (nSPS) is 23.1. The van der Waals surface area contributed by atoms with Gasteiger partial charge in [-0.25, -0.2) is 8.42 Å². The van der Waals surface area contributed by atoms with Gasteiger partial charge in [-0.1, -0.05) is 0 Å². The van der Waals surface area contributed by atoms with Crippen molar-refractivity contribution in [2.24, 2.45) is 0 Å². The highest BCUT2D eigenvalue weighted by Crippen LogP contribution is 2.43. The van der Waals surface area contributed by atoms with Crippen LogP contribution in [0.1, 0.15) is 25.5 Å². The second-order valence-electron chi connectivity index (χ2n) is 5.94. The van der Waals surface area contributed by atoms with Crippen LogP contribution in [0.15, 0.2) is 18.2 Å². The molecule has 0 aliphatic carbocycles. The highest BCUT2D eigenvalue weighted by molar-refractivity contribution is 7.90. The molecular formula is C13H13F6NO5S. The maximum Gasteiger partial charge on any atom is 0.573 e. The van der Waals surface area contributed by atoms with Crippen LogP contribution in [0.5, 0.6) is 11.5 Å². The van der Waals surface area contributed by atoms with E-state index in [0.717, 1.165) is 12.1 Å². The summed E-state index contributed by atoms with van der Waals surface area (Å²) in [6, 6.07) is 0.538. The van der Waals surface area contributed by atoms with E-state index >= 15 is 0 Å². The molecule has 1 aliphatic heterocycles. The maximum absolute atomic E-state index is 12.6. The Morgan fingerprint density at radius 1 is 1.19 bits per heavy atom. The molecule has 1 aliphatic rings. The first kappa shape index (κ1) is 20.6. The number of aliphatic hydroxyl groups excluding tert-OH is 1. The van der Waals surface area contributed by atoms with E-state index in [9.17, 15) is 39.9 Å². The smallest absolute Gasteiger partial charge is 0.485 e. The minimum Gasteiger partial charge on any atom is -0.485 e. The molecule has 0 bridgehead atoms. The average molecular weight is 409 g/mol. The number of hydrogen-bond donors (Lipinski definition) is 2. The van der Waals surface area contributed by atoms with Crippen LogP contribution in [0.3, 0.4) is 0 Å². The van der Waals surface area contributed by atoms with Gasteiger partial charge in [-0.2, -0.15) is 17.9 Å². The lowest BCUT2D eigenvalue weighted by Crippen LogP contribution is -2.54. The first-order valence-corrected chi connectivity index (χ1v) is 8.37. The molecule has 1 heterocycles. The number of hydrogen-bond acceptors (Lipinski definition) is 5. The molecule has 2 rings (SSSR count). The Morgan fingerprint density at radius 3 is 2.27 bits per heavy atom. The van der Waals surface area contributed by atoms with E-state index in [1.54, 1.807) is 0 Å². The summed E-state index contributed by atoms with van der Waals surface area (Å²) in [6.45, 7) is 2.55. The van der Waals surface area contributed by atoms with Gasteiger partial charge in [0.05, 0.1) is 6.04 Å². The van der Waals surface area contributed by atoms with Crippen molar-refractivity contribution in [3.63, 3.8) is 0 Å². The van der Waals surface area contributed by atoms with Gasteiger partial charge in [-0.15, -0.1) is 13.2 Å². The van der Waals surface area contributed by atoms with E-state index in [1.165, 1.54) is 18.6 Å². The minimum atomic E-state index is -5.90. The predicted molar refractivity (Wildman–Crippen MR) is 74.7 cm³/mol. The topological polar surface area (TPSA) is 84.9 Å². The second kappa shape index (κ2) is 6.16. The third-order valence-corrected chi connectivity index (χ3v) is 4.71. The first-order chi connectivity index (χ1) is 11.5. The van der Waals surface area contributed by atoms with Gasteiger partial charge >= 0.3 is 21.9 Å². The highest BCUT2D eigenvalue weighted by atomic mass is 32.2. The van der Waals surface area contributed by atoms with Crippen molar-refractivity contribution in [2.75, 3.05) is 0 Å². The van der Waals surface area contributed by atoms with Gasteiger partial charge in [0, 0.05) is 5.56 Å². The van der Waals surface area contributed by atoms with Crippen molar-refractivity contribution in [2.45, 2.75) is 43.5 Å². The summed E-state index contributed by atoms with van der Waals surface area (Å²) >= 11 is 0. The van der Waals surface area contributed by atoms with Crippen molar-refractivity contribution >= 4 is 10.0 Å². The van der Waals surface area contributed by atoms with Crippen molar-refractivity contribution in [3.8, 4) is 11.5 Å². The quantitative estimate of drug-likeness (QED) is 0.750. The molecular weight excluding hydrogens is 396 g/mol. The molecule has 6 nitrogen and oxygen atoms in total. The van der Waals surface area contributed by atoms with Gasteiger partial charge in [0.1, 0.15) is 23.2 Å². The van der Waals surface area contributed by atoms with Gasteiger partial charge in [0.25, 0.3) is 0 Å². The van der Waals surface area contributed by atoms with Crippen molar-refractivity contribution in [1.82, 2.24) is 4.72 Å². The van der Waals surface area contributed by atoms with Gasteiger partial charge in [-0.05, 0) is 32.0 Å². The average Bonchev–Trinajstić information content (AvgIpc) is 2.41. The summed E-state index contributed by atoms with van der Waals surface area (Å²) < 4.78 is 108. The van der Waals surface area contributed by atoms with E-state index in [2.05, 4.69) is 4.74 Å². The SMILES string of the molecule is CC1(C)Oc2ccc(OC(F)(F)F)cc2[C@@H](NS(=O)(=O)C(F)(F)F)[C@@H]1O. The van der Waals surface area contributed by atoms with Gasteiger partial charge in [0.15, 0.2) is 0 Å². The van der Waals surface area contributed by atoms with Crippen LogP contribution in [-0.4, -0.2) is 37.1 Å². The van der Waals surface area contributed by atoms with Gasteiger partial charge in [-0.3, -0.25) is 0 Å². The fraction of sp³-hybridized carbons (Fsp3) is 0.538. The van der Waals surface area contributed by atoms with Gasteiger partial charge < -0.3 is 14.6 Å². The summed E-state index contributed by atoms with van der Waals surface area (Å²) in [5, 5.41) is 10.2. The molecule has 13 heteroatoms. The number of benzene rings is 1. The summed E-state index contributed by atoms with van der Waals surface area (Å²) in [5.74, 6) is -1.02. The van der Waals surface area contributed by atoms with Crippen LogP contribution in [-0.2, 0) is 10.0 Å². The number of halogens is 6. The molecule has 26 heavy (non-hydrogen) atoms. The Bertz CT molecular complexity index is 789. The fourth-order valence-electron chi connectivity index (χ4n) is 2.34. The third-order valence-electron chi connectivity index (χ3n) is 3.54. The predicted octanol–water partition coefficient (Wildman–Crippen LogP) is 2.60. The second-order valence-corrected chi connectivity index (χ2v) is 7.65. The van der Waals surface area contributed by atoms with E-state index in [-0.39, 0.29) is 5.75 Å². The molecule has 0 aromatic heterocycles. The lowest BCUT2D eigenvalue weighted by atomic mass is 9.87. The molecule has 1 aromatic carbocycles. The Hall–Kier alpha value is -1.73. The number of alkyl halides is 6. The van der Waals surface area contributed by atoms with Gasteiger partial charge in [0.2, 0.25) is 0 Å². The van der Waals surface area contributed by atoms with Crippen LogP contribution in [0.25, 0.3) is 0 Å². The lowest BCUT2D eigenvalue weighted by Gasteiger charge is -2.42. The van der Waals surface area contributed by atoms with Crippen LogP contribution < -0.4 is 14.2 Å². The molecule has 0 radical (unpaired) electrons. The molecule has 1 aromatic rings. The van der Waals surface area contributed by atoms with E-state index < -0.39 is 51.0 Å². The number of nitrogens with one attached hydrogen (secondary N) is 1. The Balaban J connectivity index is 2.52. The van der Waals surface area contributed by atoms with Crippen LogP contribution in [0, 0.1) is 0 Å². The Labute approximate surface area is 143 Å². The van der Waals surface area contributed by atoms with Crippen LogP contribution >= 0.6 is 0 Å². The molecule has 0 unspecified atom stereocenters. The number of rotatable bonds is 3. The highest BCUT2D eigenvalue weighted by Gasteiger charge is 2.51. The number of sulfonamides is 1.